The fourth-order valence-electron chi connectivity index (χ4n) is 2.14. The molecule has 0 aliphatic heterocycles. The lowest BCUT2D eigenvalue weighted by Crippen LogP contribution is -2.25. The first-order valence-corrected chi connectivity index (χ1v) is 6.38. The van der Waals surface area contributed by atoms with E-state index in [0.29, 0.717) is 5.69 Å². The molecule has 4 heteroatoms. The maximum Gasteiger partial charge on any atom is 0.148 e. The van der Waals surface area contributed by atoms with E-state index in [1.54, 1.807) is 11.2 Å². The van der Waals surface area contributed by atoms with Crippen molar-refractivity contribution in [3.63, 3.8) is 0 Å². The van der Waals surface area contributed by atoms with E-state index in [0.717, 1.165) is 16.6 Å². The molecule has 100 valence electrons. The SMILES string of the molecule is CN(Nc1ccc2ccccc2c1O)c1ccccn1. The predicted molar refractivity (Wildman–Crippen MR) is 81.9 cm³/mol. The second-order valence-electron chi connectivity index (χ2n) is 4.54. The zero-order valence-electron chi connectivity index (χ0n) is 11.1. The van der Waals surface area contributed by atoms with Gasteiger partial charge in [-0.05, 0) is 23.6 Å². The Morgan fingerprint density at radius 3 is 2.60 bits per heavy atom. The van der Waals surface area contributed by atoms with Gasteiger partial charge in [0.05, 0.1) is 5.69 Å². The molecule has 0 bridgehead atoms. The van der Waals surface area contributed by atoms with Gasteiger partial charge in [-0.3, -0.25) is 10.4 Å². The second kappa shape index (κ2) is 5.09. The number of fused-ring (bicyclic) bond motifs is 1. The van der Waals surface area contributed by atoms with Gasteiger partial charge in [-0.25, -0.2) is 4.98 Å². The molecule has 0 atom stereocenters. The number of hydrogen-bond acceptors (Lipinski definition) is 4. The number of aromatic hydroxyl groups is 1. The van der Waals surface area contributed by atoms with Crippen LogP contribution < -0.4 is 10.4 Å². The van der Waals surface area contributed by atoms with Gasteiger partial charge < -0.3 is 5.11 Å². The van der Waals surface area contributed by atoms with Gasteiger partial charge in [-0.1, -0.05) is 36.4 Å². The number of hydrazine groups is 1. The molecule has 1 aromatic heterocycles. The summed E-state index contributed by atoms with van der Waals surface area (Å²) in [5.41, 5.74) is 3.79. The van der Waals surface area contributed by atoms with Gasteiger partial charge in [0.15, 0.2) is 0 Å². The third-order valence-corrected chi connectivity index (χ3v) is 3.18. The molecule has 2 N–H and O–H groups in total. The summed E-state index contributed by atoms with van der Waals surface area (Å²) >= 11 is 0. The van der Waals surface area contributed by atoms with Crippen molar-refractivity contribution >= 4 is 22.3 Å². The molecule has 0 amide bonds. The molecule has 20 heavy (non-hydrogen) atoms. The first-order valence-electron chi connectivity index (χ1n) is 6.38. The fraction of sp³-hybridized carbons (Fsp3) is 0.0625. The molecule has 0 saturated heterocycles. The Hall–Kier alpha value is -2.75. The first kappa shape index (κ1) is 12.3. The molecule has 2 aromatic carbocycles. The lowest BCUT2D eigenvalue weighted by molar-refractivity contribution is 0.483. The Morgan fingerprint density at radius 2 is 1.80 bits per heavy atom. The topological polar surface area (TPSA) is 48.4 Å². The maximum absolute atomic E-state index is 10.3. The van der Waals surface area contributed by atoms with Crippen LogP contribution in [0.4, 0.5) is 11.5 Å². The number of benzene rings is 2. The monoisotopic (exact) mass is 265 g/mol. The number of phenols is 1. The summed E-state index contributed by atoms with van der Waals surface area (Å²) < 4.78 is 0. The van der Waals surface area contributed by atoms with E-state index >= 15 is 0 Å². The van der Waals surface area contributed by atoms with Gasteiger partial charge in [0.1, 0.15) is 11.6 Å². The van der Waals surface area contributed by atoms with Crippen molar-refractivity contribution in [3.05, 3.63) is 60.8 Å². The molecule has 0 saturated carbocycles. The van der Waals surface area contributed by atoms with Crippen LogP contribution in [-0.2, 0) is 0 Å². The van der Waals surface area contributed by atoms with Crippen molar-refractivity contribution in [3.8, 4) is 5.75 Å². The average Bonchev–Trinajstić information content (AvgIpc) is 2.51. The highest BCUT2D eigenvalue weighted by atomic mass is 16.3. The van der Waals surface area contributed by atoms with Crippen molar-refractivity contribution in [2.45, 2.75) is 0 Å². The summed E-state index contributed by atoms with van der Waals surface area (Å²) in [6.07, 6.45) is 1.73. The standard InChI is InChI=1S/C16H15N3O/c1-19(15-8-4-5-11-17-15)18-14-10-9-12-6-2-3-7-13(12)16(14)20/h2-11,18,20H,1H3. The van der Waals surface area contributed by atoms with Crippen LogP contribution in [0.5, 0.6) is 5.75 Å². The number of rotatable bonds is 3. The molecule has 0 fully saturated rings. The van der Waals surface area contributed by atoms with Crippen molar-refractivity contribution in [1.29, 1.82) is 0 Å². The quantitative estimate of drug-likeness (QED) is 0.563. The highest BCUT2D eigenvalue weighted by Crippen LogP contribution is 2.32. The van der Waals surface area contributed by atoms with Gasteiger partial charge >= 0.3 is 0 Å². The minimum Gasteiger partial charge on any atom is -0.505 e. The zero-order valence-corrected chi connectivity index (χ0v) is 11.1. The molecular formula is C16H15N3O. The van der Waals surface area contributed by atoms with Crippen LogP contribution in [0.1, 0.15) is 0 Å². The lowest BCUT2D eigenvalue weighted by atomic mass is 10.1. The number of pyridine rings is 1. The van der Waals surface area contributed by atoms with Gasteiger partial charge in [0.2, 0.25) is 0 Å². The Bertz CT molecular complexity index is 728. The van der Waals surface area contributed by atoms with E-state index in [9.17, 15) is 5.11 Å². The average molecular weight is 265 g/mol. The Kier molecular flexibility index (Phi) is 3.13. The molecule has 0 aliphatic rings. The Morgan fingerprint density at radius 1 is 1.00 bits per heavy atom. The summed E-state index contributed by atoms with van der Waals surface area (Å²) in [4.78, 5) is 4.25. The molecule has 0 spiro atoms. The number of hydrogen-bond donors (Lipinski definition) is 2. The highest BCUT2D eigenvalue weighted by molar-refractivity contribution is 5.93. The molecule has 3 rings (SSSR count). The molecule has 3 aromatic rings. The van der Waals surface area contributed by atoms with Crippen molar-refractivity contribution in [2.24, 2.45) is 0 Å². The number of phenolic OH excluding ortho intramolecular Hbond substituents is 1. The molecule has 0 unspecified atom stereocenters. The first-order chi connectivity index (χ1) is 9.75. The van der Waals surface area contributed by atoms with Crippen LogP contribution in [-0.4, -0.2) is 17.1 Å². The summed E-state index contributed by atoms with van der Waals surface area (Å²) in [7, 11) is 1.86. The maximum atomic E-state index is 10.3. The van der Waals surface area contributed by atoms with E-state index < -0.39 is 0 Å². The van der Waals surface area contributed by atoms with Gasteiger partial charge in [-0.2, -0.15) is 0 Å². The van der Waals surface area contributed by atoms with E-state index in [2.05, 4.69) is 10.4 Å². The van der Waals surface area contributed by atoms with Gasteiger partial charge in [0.25, 0.3) is 0 Å². The number of nitrogens with one attached hydrogen (secondary N) is 1. The number of nitrogens with zero attached hydrogens (tertiary/aromatic N) is 2. The molecular weight excluding hydrogens is 250 g/mol. The Balaban J connectivity index is 1.93. The summed E-state index contributed by atoms with van der Waals surface area (Å²) in [6.45, 7) is 0. The van der Waals surface area contributed by atoms with Crippen LogP contribution in [0.2, 0.25) is 0 Å². The van der Waals surface area contributed by atoms with E-state index in [1.807, 2.05) is 61.6 Å². The Labute approximate surface area is 117 Å². The summed E-state index contributed by atoms with van der Waals surface area (Å²) in [6, 6.07) is 17.2. The smallest absolute Gasteiger partial charge is 0.148 e. The third kappa shape index (κ3) is 2.23. The predicted octanol–water partition coefficient (Wildman–Crippen LogP) is 3.40. The van der Waals surface area contributed by atoms with Crippen molar-refractivity contribution in [1.82, 2.24) is 4.98 Å². The minimum absolute atomic E-state index is 0.242. The van der Waals surface area contributed by atoms with E-state index in [1.165, 1.54) is 0 Å². The second-order valence-corrected chi connectivity index (χ2v) is 4.54. The van der Waals surface area contributed by atoms with Crippen molar-refractivity contribution < 1.29 is 5.11 Å². The van der Waals surface area contributed by atoms with Crippen LogP contribution in [0.25, 0.3) is 10.8 Å². The molecule has 0 radical (unpaired) electrons. The third-order valence-electron chi connectivity index (χ3n) is 3.18. The number of anilines is 2. The normalized spacial score (nSPS) is 10.4. The van der Waals surface area contributed by atoms with Crippen LogP contribution in [0, 0.1) is 0 Å². The van der Waals surface area contributed by atoms with E-state index in [-0.39, 0.29) is 5.75 Å². The molecule has 4 nitrogen and oxygen atoms in total. The van der Waals surface area contributed by atoms with Crippen LogP contribution in [0.15, 0.2) is 60.8 Å². The highest BCUT2D eigenvalue weighted by Gasteiger charge is 2.08. The largest absolute Gasteiger partial charge is 0.505 e. The molecule has 0 aliphatic carbocycles. The minimum atomic E-state index is 0.242. The van der Waals surface area contributed by atoms with Crippen LogP contribution >= 0.6 is 0 Å². The van der Waals surface area contributed by atoms with Gasteiger partial charge in [-0.15, -0.1) is 0 Å². The van der Waals surface area contributed by atoms with Gasteiger partial charge in [0, 0.05) is 18.6 Å². The summed E-state index contributed by atoms with van der Waals surface area (Å²) in [5.74, 6) is 1.02. The van der Waals surface area contributed by atoms with Crippen molar-refractivity contribution in [2.75, 3.05) is 17.5 Å². The zero-order chi connectivity index (χ0) is 13.9. The summed E-state index contributed by atoms with van der Waals surface area (Å²) in [5, 5.41) is 13.9. The fourth-order valence-corrected chi connectivity index (χ4v) is 2.14. The van der Waals surface area contributed by atoms with Crippen LogP contribution in [0.3, 0.4) is 0 Å². The molecule has 1 heterocycles. The van der Waals surface area contributed by atoms with E-state index in [4.69, 9.17) is 0 Å². The lowest BCUT2D eigenvalue weighted by Gasteiger charge is -2.21. The number of aromatic nitrogens is 1.